The van der Waals surface area contributed by atoms with Gasteiger partial charge in [-0.25, -0.2) is 9.78 Å². The lowest BCUT2D eigenvalue weighted by atomic mass is 10.1. The number of pyridine rings is 1. The number of amides is 1. The highest BCUT2D eigenvalue weighted by molar-refractivity contribution is 14.0. The Bertz CT molecular complexity index is 589. The van der Waals surface area contributed by atoms with E-state index in [0.29, 0.717) is 32.1 Å². The normalized spacial score (nSPS) is 14.9. The molecule has 0 saturated carbocycles. The lowest BCUT2D eigenvalue weighted by molar-refractivity contribution is 0.111. The molecular formula is C18H30IN5O3. The zero-order valence-corrected chi connectivity index (χ0v) is 18.6. The van der Waals surface area contributed by atoms with Crippen molar-refractivity contribution < 1.29 is 14.3 Å². The summed E-state index contributed by atoms with van der Waals surface area (Å²) >= 11 is 0. The molecule has 1 aliphatic rings. The zero-order chi connectivity index (χ0) is 18.8. The van der Waals surface area contributed by atoms with Gasteiger partial charge in [0.05, 0.1) is 13.7 Å². The fourth-order valence-corrected chi connectivity index (χ4v) is 2.72. The first kappa shape index (κ1) is 23.3. The molecule has 0 bridgehead atoms. The van der Waals surface area contributed by atoms with Crippen LogP contribution in [0.4, 0.5) is 4.79 Å². The van der Waals surface area contributed by atoms with Gasteiger partial charge in [-0.1, -0.05) is 13.0 Å². The Hall–Kier alpha value is -1.78. The molecule has 8 nitrogen and oxygen atoms in total. The zero-order valence-electron chi connectivity index (χ0n) is 16.2. The smallest absolute Gasteiger partial charge is 0.409 e. The molecule has 0 unspecified atom stereocenters. The number of ether oxygens (including phenoxy) is 2. The number of halogens is 1. The van der Waals surface area contributed by atoms with E-state index in [-0.39, 0.29) is 36.1 Å². The van der Waals surface area contributed by atoms with Gasteiger partial charge >= 0.3 is 6.09 Å². The van der Waals surface area contributed by atoms with Gasteiger partial charge in [-0.15, -0.1) is 24.0 Å². The van der Waals surface area contributed by atoms with Crippen LogP contribution in [0.5, 0.6) is 5.88 Å². The lowest BCUT2D eigenvalue weighted by Crippen LogP contribution is -2.49. The molecule has 0 aromatic carbocycles. The van der Waals surface area contributed by atoms with Crippen LogP contribution >= 0.6 is 24.0 Å². The fraction of sp³-hybridized carbons (Fsp3) is 0.611. The predicted molar refractivity (Wildman–Crippen MR) is 116 cm³/mol. The summed E-state index contributed by atoms with van der Waals surface area (Å²) in [5.41, 5.74) is 1.05. The van der Waals surface area contributed by atoms with Gasteiger partial charge in [0.15, 0.2) is 5.96 Å². The second-order valence-electron chi connectivity index (χ2n) is 6.15. The van der Waals surface area contributed by atoms with Crippen LogP contribution in [0.3, 0.4) is 0 Å². The molecule has 1 aromatic heterocycles. The van der Waals surface area contributed by atoms with Crippen LogP contribution in [0.1, 0.15) is 31.7 Å². The topological polar surface area (TPSA) is 88.1 Å². The number of nitrogens with zero attached hydrogens (tertiary/aromatic N) is 3. The monoisotopic (exact) mass is 491 g/mol. The molecule has 2 rings (SSSR count). The Labute approximate surface area is 178 Å². The average molecular weight is 491 g/mol. The second-order valence-corrected chi connectivity index (χ2v) is 6.15. The van der Waals surface area contributed by atoms with Crippen molar-refractivity contribution in [2.75, 3.05) is 33.9 Å². The minimum atomic E-state index is -0.259. The quantitative estimate of drug-likeness (QED) is 0.361. The summed E-state index contributed by atoms with van der Waals surface area (Å²) in [4.78, 5) is 21.8. The number of piperidine rings is 1. The van der Waals surface area contributed by atoms with Crippen LogP contribution < -0.4 is 15.4 Å². The molecule has 0 spiro atoms. The van der Waals surface area contributed by atoms with Crippen molar-refractivity contribution in [2.45, 2.75) is 38.8 Å². The van der Waals surface area contributed by atoms with Gasteiger partial charge in [-0.3, -0.25) is 4.99 Å². The van der Waals surface area contributed by atoms with Crippen molar-refractivity contribution in [1.82, 2.24) is 20.5 Å². The van der Waals surface area contributed by atoms with Gasteiger partial charge in [-0.05, 0) is 24.8 Å². The van der Waals surface area contributed by atoms with Crippen LogP contribution in [0, 0.1) is 0 Å². The third-order valence-corrected chi connectivity index (χ3v) is 4.20. The maximum atomic E-state index is 11.5. The van der Waals surface area contributed by atoms with Crippen molar-refractivity contribution in [3.05, 3.63) is 23.9 Å². The maximum absolute atomic E-state index is 11.5. The van der Waals surface area contributed by atoms with E-state index in [1.165, 1.54) is 7.11 Å². The Balaban J connectivity index is 0.00000364. The number of aromatic nitrogens is 1. The predicted octanol–water partition coefficient (Wildman–Crippen LogP) is 2.38. The van der Waals surface area contributed by atoms with Gasteiger partial charge in [0, 0.05) is 45.0 Å². The van der Waals surface area contributed by atoms with Crippen LogP contribution in [-0.4, -0.2) is 61.8 Å². The second kappa shape index (κ2) is 12.6. The summed E-state index contributed by atoms with van der Waals surface area (Å²) in [5, 5.41) is 6.70. The number of rotatable bonds is 6. The molecule has 27 heavy (non-hydrogen) atoms. The standard InChI is InChI=1S/C18H29N5O3.HI/c1-4-11-26-16-6-5-14(12-20-16)13-21-17(19-2)22-15-7-9-23(10-8-15)18(24)25-3;/h5-6,12,15H,4,7-11,13H2,1-3H3,(H2,19,21,22);1H. The fourth-order valence-electron chi connectivity index (χ4n) is 2.72. The van der Waals surface area contributed by atoms with E-state index in [9.17, 15) is 4.79 Å². The highest BCUT2D eigenvalue weighted by atomic mass is 127. The Kier molecular flexibility index (Phi) is 10.8. The third kappa shape index (κ3) is 7.77. The van der Waals surface area contributed by atoms with E-state index in [1.54, 1.807) is 18.1 Å². The first-order valence-corrected chi connectivity index (χ1v) is 9.04. The summed E-state index contributed by atoms with van der Waals surface area (Å²) in [6.45, 7) is 4.74. The highest BCUT2D eigenvalue weighted by Crippen LogP contribution is 2.11. The summed E-state index contributed by atoms with van der Waals surface area (Å²) in [7, 11) is 3.16. The minimum absolute atomic E-state index is 0. The van der Waals surface area contributed by atoms with Gasteiger partial charge in [-0.2, -0.15) is 0 Å². The Morgan fingerprint density at radius 1 is 1.37 bits per heavy atom. The van der Waals surface area contributed by atoms with E-state index in [4.69, 9.17) is 9.47 Å². The molecule has 1 fully saturated rings. The van der Waals surface area contributed by atoms with Crippen LogP contribution in [0.2, 0.25) is 0 Å². The van der Waals surface area contributed by atoms with Crippen molar-refractivity contribution >= 4 is 36.0 Å². The van der Waals surface area contributed by atoms with E-state index in [0.717, 1.165) is 30.8 Å². The molecule has 9 heteroatoms. The van der Waals surface area contributed by atoms with E-state index < -0.39 is 0 Å². The molecule has 1 amide bonds. The number of nitrogens with one attached hydrogen (secondary N) is 2. The Morgan fingerprint density at radius 3 is 2.67 bits per heavy atom. The summed E-state index contributed by atoms with van der Waals surface area (Å²) < 4.78 is 10.2. The summed E-state index contributed by atoms with van der Waals surface area (Å²) in [6.07, 6.45) is 4.23. The average Bonchev–Trinajstić information content (AvgIpc) is 2.70. The SMILES string of the molecule is CCCOc1ccc(CNC(=NC)NC2CCN(C(=O)OC)CC2)cn1.I. The van der Waals surface area contributed by atoms with Crippen LogP contribution in [0.25, 0.3) is 0 Å². The van der Waals surface area contributed by atoms with E-state index >= 15 is 0 Å². The van der Waals surface area contributed by atoms with Gasteiger partial charge < -0.3 is 25.0 Å². The van der Waals surface area contributed by atoms with Gasteiger partial charge in [0.2, 0.25) is 5.88 Å². The number of carbonyl (C=O) groups is 1. The van der Waals surface area contributed by atoms with Crippen molar-refractivity contribution in [3.63, 3.8) is 0 Å². The van der Waals surface area contributed by atoms with Crippen LogP contribution in [0.15, 0.2) is 23.3 Å². The molecule has 0 atom stereocenters. The van der Waals surface area contributed by atoms with Crippen molar-refractivity contribution in [1.29, 1.82) is 0 Å². The number of carbonyl (C=O) groups excluding carboxylic acids is 1. The Morgan fingerprint density at radius 2 is 2.11 bits per heavy atom. The highest BCUT2D eigenvalue weighted by Gasteiger charge is 2.23. The maximum Gasteiger partial charge on any atom is 0.409 e. The lowest BCUT2D eigenvalue weighted by Gasteiger charge is -2.32. The minimum Gasteiger partial charge on any atom is -0.478 e. The van der Waals surface area contributed by atoms with Gasteiger partial charge in [0.25, 0.3) is 0 Å². The molecule has 1 aliphatic heterocycles. The first-order chi connectivity index (χ1) is 12.7. The number of likely N-dealkylation sites (tertiary alicyclic amines) is 1. The summed E-state index contributed by atoms with van der Waals surface area (Å²) in [5.74, 6) is 1.39. The number of aliphatic imine (C=N–C) groups is 1. The molecule has 1 saturated heterocycles. The molecular weight excluding hydrogens is 461 g/mol. The molecule has 2 N–H and O–H groups in total. The van der Waals surface area contributed by atoms with E-state index in [2.05, 4.69) is 27.5 Å². The molecule has 2 heterocycles. The molecule has 1 aromatic rings. The number of methoxy groups -OCH3 is 1. The number of hydrogen-bond donors (Lipinski definition) is 2. The third-order valence-electron chi connectivity index (χ3n) is 4.20. The first-order valence-electron chi connectivity index (χ1n) is 9.04. The van der Waals surface area contributed by atoms with Crippen molar-refractivity contribution in [3.8, 4) is 5.88 Å². The molecule has 152 valence electrons. The molecule has 0 radical (unpaired) electrons. The van der Waals surface area contributed by atoms with Gasteiger partial charge in [0.1, 0.15) is 0 Å². The van der Waals surface area contributed by atoms with Crippen molar-refractivity contribution in [2.24, 2.45) is 4.99 Å². The number of hydrogen-bond acceptors (Lipinski definition) is 5. The molecule has 0 aliphatic carbocycles. The van der Waals surface area contributed by atoms with E-state index in [1.807, 2.05) is 12.1 Å². The van der Waals surface area contributed by atoms with Crippen LogP contribution in [-0.2, 0) is 11.3 Å². The largest absolute Gasteiger partial charge is 0.478 e. The summed E-state index contributed by atoms with van der Waals surface area (Å²) in [6, 6.07) is 4.16. The number of guanidine groups is 1.